The first-order valence-electron chi connectivity index (χ1n) is 9.20. The summed E-state index contributed by atoms with van der Waals surface area (Å²) in [6.45, 7) is 3.05. The van der Waals surface area contributed by atoms with Crippen LogP contribution >= 0.6 is 0 Å². The Morgan fingerprint density at radius 3 is 2.32 bits per heavy atom. The van der Waals surface area contributed by atoms with Gasteiger partial charge in [0.15, 0.2) is 0 Å². The van der Waals surface area contributed by atoms with Gasteiger partial charge in [-0.2, -0.15) is 0 Å². The molecule has 0 spiro atoms. The molecule has 0 fully saturated rings. The van der Waals surface area contributed by atoms with Crippen molar-refractivity contribution in [2.75, 3.05) is 31.6 Å². The van der Waals surface area contributed by atoms with Crippen molar-refractivity contribution in [3.8, 4) is 11.1 Å². The number of para-hydroxylation sites is 1. The number of carbonyl (C=O) groups excluding carboxylic acids is 3. The van der Waals surface area contributed by atoms with Crippen molar-refractivity contribution in [2.24, 2.45) is 0 Å². The fraction of sp³-hybridized carbons (Fsp3) is 0.286. The van der Waals surface area contributed by atoms with Gasteiger partial charge in [-0.1, -0.05) is 48.5 Å². The highest BCUT2D eigenvalue weighted by Gasteiger charge is 2.14. The molecule has 28 heavy (non-hydrogen) atoms. The Morgan fingerprint density at radius 2 is 1.57 bits per heavy atom. The van der Waals surface area contributed by atoms with Crippen LogP contribution < -0.4 is 16.0 Å². The lowest BCUT2D eigenvalue weighted by atomic mass is 10.0. The Labute approximate surface area is 164 Å². The first-order chi connectivity index (χ1) is 13.6. The van der Waals surface area contributed by atoms with E-state index < -0.39 is 17.7 Å². The molecule has 0 heterocycles. The van der Waals surface area contributed by atoms with Gasteiger partial charge in [-0.05, 0) is 25.0 Å². The molecule has 7 heteroatoms. The van der Waals surface area contributed by atoms with Crippen LogP contribution in [-0.2, 0) is 19.1 Å². The van der Waals surface area contributed by atoms with Gasteiger partial charge in [0.2, 0.25) is 5.91 Å². The molecule has 0 aliphatic carbocycles. The zero-order chi connectivity index (χ0) is 20.2. The van der Waals surface area contributed by atoms with Crippen LogP contribution in [0.3, 0.4) is 0 Å². The first-order valence-corrected chi connectivity index (χ1v) is 9.20. The monoisotopic (exact) mass is 383 g/mol. The highest BCUT2D eigenvalue weighted by molar-refractivity contribution is 6.35. The number of benzene rings is 2. The van der Waals surface area contributed by atoms with E-state index in [-0.39, 0.29) is 6.54 Å². The predicted octanol–water partition coefficient (Wildman–Crippen LogP) is 1.95. The molecule has 0 aromatic heterocycles. The maximum absolute atomic E-state index is 12.2. The minimum Gasteiger partial charge on any atom is -0.382 e. The summed E-state index contributed by atoms with van der Waals surface area (Å²) in [7, 11) is 0. The van der Waals surface area contributed by atoms with Crippen molar-refractivity contribution >= 4 is 23.4 Å². The van der Waals surface area contributed by atoms with E-state index in [1.807, 2.05) is 55.5 Å². The molecule has 0 aliphatic heterocycles. The van der Waals surface area contributed by atoms with E-state index in [0.717, 1.165) is 11.1 Å². The van der Waals surface area contributed by atoms with Gasteiger partial charge >= 0.3 is 11.8 Å². The number of hydrogen-bond acceptors (Lipinski definition) is 4. The Morgan fingerprint density at radius 1 is 0.893 bits per heavy atom. The Kier molecular flexibility index (Phi) is 8.68. The van der Waals surface area contributed by atoms with Gasteiger partial charge in [-0.25, -0.2) is 0 Å². The molecule has 148 valence electrons. The van der Waals surface area contributed by atoms with Crippen LogP contribution in [0.25, 0.3) is 11.1 Å². The van der Waals surface area contributed by atoms with E-state index in [9.17, 15) is 14.4 Å². The van der Waals surface area contributed by atoms with E-state index in [2.05, 4.69) is 16.0 Å². The number of anilines is 1. The molecule has 2 aromatic carbocycles. The van der Waals surface area contributed by atoms with Gasteiger partial charge in [0.25, 0.3) is 0 Å². The minimum atomic E-state index is -0.845. The number of nitrogens with one attached hydrogen (secondary N) is 3. The van der Waals surface area contributed by atoms with E-state index in [0.29, 0.717) is 31.9 Å². The van der Waals surface area contributed by atoms with Gasteiger partial charge in [0, 0.05) is 31.0 Å². The van der Waals surface area contributed by atoms with Crippen LogP contribution in [0, 0.1) is 0 Å². The number of carbonyl (C=O) groups is 3. The second-order valence-electron chi connectivity index (χ2n) is 5.95. The molecule has 2 aromatic rings. The Balaban J connectivity index is 1.82. The van der Waals surface area contributed by atoms with E-state index in [1.54, 1.807) is 6.07 Å². The lowest BCUT2D eigenvalue weighted by molar-refractivity contribution is -0.139. The van der Waals surface area contributed by atoms with Crippen molar-refractivity contribution in [3.63, 3.8) is 0 Å². The van der Waals surface area contributed by atoms with Crippen LogP contribution in [-0.4, -0.2) is 44.0 Å². The second-order valence-corrected chi connectivity index (χ2v) is 5.95. The average molecular weight is 383 g/mol. The number of rotatable bonds is 9. The molecule has 0 aliphatic rings. The highest BCUT2D eigenvalue weighted by Crippen LogP contribution is 2.27. The third-order valence-corrected chi connectivity index (χ3v) is 3.86. The van der Waals surface area contributed by atoms with Crippen LogP contribution in [0.2, 0.25) is 0 Å². The van der Waals surface area contributed by atoms with Crippen molar-refractivity contribution < 1.29 is 19.1 Å². The Hall–Kier alpha value is -3.19. The predicted molar refractivity (Wildman–Crippen MR) is 108 cm³/mol. The van der Waals surface area contributed by atoms with E-state index in [4.69, 9.17) is 4.74 Å². The number of hydrogen-bond donors (Lipinski definition) is 3. The Bertz CT molecular complexity index is 793. The fourth-order valence-electron chi connectivity index (χ4n) is 2.50. The molecule has 0 bridgehead atoms. The summed E-state index contributed by atoms with van der Waals surface area (Å²) >= 11 is 0. The molecule has 0 unspecified atom stereocenters. The summed E-state index contributed by atoms with van der Waals surface area (Å²) in [5.74, 6) is -2.03. The lowest BCUT2D eigenvalue weighted by Gasteiger charge is -2.12. The second kappa shape index (κ2) is 11.5. The van der Waals surface area contributed by atoms with Crippen molar-refractivity contribution in [1.29, 1.82) is 0 Å². The molecule has 0 saturated carbocycles. The SMILES string of the molecule is CCOCCCNC(=O)C(=O)NCC(=O)Nc1ccccc1-c1ccccc1. The van der Waals surface area contributed by atoms with Crippen LogP contribution in [0.5, 0.6) is 0 Å². The van der Waals surface area contributed by atoms with Gasteiger partial charge in [0.1, 0.15) is 0 Å². The summed E-state index contributed by atoms with van der Waals surface area (Å²) in [4.78, 5) is 35.6. The van der Waals surface area contributed by atoms with Crippen LogP contribution in [0.1, 0.15) is 13.3 Å². The first kappa shape index (κ1) is 21.1. The molecule has 0 radical (unpaired) electrons. The lowest BCUT2D eigenvalue weighted by Crippen LogP contribution is -2.43. The standard InChI is InChI=1S/C21H25N3O4/c1-2-28-14-8-13-22-20(26)21(27)23-15-19(25)24-18-12-7-6-11-17(18)16-9-4-3-5-10-16/h3-7,9-12H,2,8,13-15H2,1H3,(H,22,26)(H,23,27)(H,24,25). The van der Waals surface area contributed by atoms with Crippen LogP contribution in [0.15, 0.2) is 54.6 Å². The van der Waals surface area contributed by atoms with Crippen molar-refractivity contribution in [1.82, 2.24) is 10.6 Å². The normalized spacial score (nSPS) is 10.2. The van der Waals surface area contributed by atoms with Gasteiger partial charge in [-0.15, -0.1) is 0 Å². The minimum absolute atomic E-state index is 0.297. The maximum Gasteiger partial charge on any atom is 0.309 e. The van der Waals surface area contributed by atoms with Gasteiger partial charge in [0.05, 0.1) is 6.54 Å². The summed E-state index contributed by atoms with van der Waals surface area (Å²) in [6.07, 6.45) is 0.615. The maximum atomic E-state index is 12.2. The smallest absolute Gasteiger partial charge is 0.309 e. The number of amides is 3. The molecule has 3 amide bonds. The zero-order valence-corrected chi connectivity index (χ0v) is 15.9. The topological polar surface area (TPSA) is 96.5 Å². The van der Waals surface area contributed by atoms with E-state index in [1.165, 1.54) is 0 Å². The third-order valence-electron chi connectivity index (χ3n) is 3.86. The molecular formula is C21H25N3O4. The van der Waals surface area contributed by atoms with E-state index >= 15 is 0 Å². The average Bonchev–Trinajstić information content (AvgIpc) is 2.72. The van der Waals surface area contributed by atoms with Crippen molar-refractivity contribution in [3.05, 3.63) is 54.6 Å². The van der Waals surface area contributed by atoms with Gasteiger partial charge in [-0.3, -0.25) is 14.4 Å². The molecular weight excluding hydrogens is 358 g/mol. The quantitative estimate of drug-likeness (QED) is 0.455. The number of ether oxygens (including phenoxy) is 1. The third kappa shape index (κ3) is 6.85. The van der Waals surface area contributed by atoms with Crippen molar-refractivity contribution in [2.45, 2.75) is 13.3 Å². The zero-order valence-electron chi connectivity index (χ0n) is 15.9. The molecule has 3 N–H and O–H groups in total. The summed E-state index contributed by atoms with van der Waals surface area (Å²) in [6, 6.07) is 17.0. The summed E-state index contributed by atoms with van der Waals surface area (Å²) in [5.41, 5.74) is 2.47. The van der Waals surface area contributed by atoms with Crippen LogP contribution in [0.4, 0.5) is 5.69 Å². The fourth-order valence-corrected chi connectivity index (χ4v) is 2.50. The molecule has 0 atom stereocenters. The summed E-state index contributed by atoms with van der Waals surface area (Å²) < 4.78 is 5.15. The van der Waals surface area contributed by atoms with Gasteiger partial charge < -0.3 is 20.7 Å². The summed E-state index contributed by atoms with van der Waals surface area (Å²) in [5, 5.41) is 7.57. The highest BCUT2D eigenvalue weighted by atomic mass is 16.5. The molecule has 7 nitrogen and oxygen atoms in total. The molecule has 2 rings (SSSR count). The molecule has 0 saturated heterocycles. The largest absolute Gasteiger partial charge is 0.382 e.